The van der Waals surface area contributed by atoms with Crippen molar-refractivity contribution in [3.63, 3.8) is 0 Å². The van der Waals surface area contributed by atoms with Gasteiger partial charge in [0.15, 0.2) is 0 Å². The molecule has 1 amide bonds. The second-order valence-electron chi connectivity index (χ2n) is 6.88. The summed E-state index contributed by atoms with van der Waals surface area (Å²) in [5.74, 6) is 0.132. The number of rotatable bonds is 5. The average Bonchev–Trinajstić information content (AvgIpc) is 2.72. The van der Waals surface area contributed by atoms with Crippen LogP contribution in [0.15, 0.2) is 66.7 Å². The minimum absolute atomic E-state index is 0.0113. The predicted molar refractivity (Wildman–Crippen MR) is 116 cm³/mol. The number of halogens is 2. The molecule has 1 aliphatic rings. The molecule has 0 saturated carbocycles. The number of hydrogen-bond acceptors (Lipinski definition) is 4. The lowest BCUT2D eigenvalue weighted by Crippen LogP contribution is -2.53. The van der Waals surface area contributed by atoms with Gasteiger partial charge in [0, 0.05) is 27.9 Å². The second kappa shape index (κ2) is 7.97. The van der Waals surface area contributed by atoms with Crippen molar-refractivity contribution in [3.05, 3.63) is 98.0 Å². The maximum Gasteiger partial charge on any atom is 0.269 e. The summed E-state index contributed by atoms with van der Waals surface area (Å²) in [4.78, 5) is 25.4. The SMILES string of the molecule is COc1ccc([C@H]2C(=O)N(c3cc(Cl)cc(Cl)c3)[C@@H]2c2ccc([N+](=O)[O-])cc2)cc1. The molecule has 0 N–H and O–H groups in total. The first-order chi connectivity index (χ1) is 14.4. The van der Waals surface area contributed by atoms with E-state index in [9.17, 15) is 14.9 Å². The van der Waals surface area contributed by atoms with Gasteiger partial charge in [0.1, 0.15) is 5.75 Å². The van der Waals surface area contributed by atoms with Crippen LogP contribution in [-0.4, -0.2) is 17.9 Å². The van der Waals surface area contributed by atoms with Crippen LogP contribution in [0.2, 0.25) is 10.0 Å². The summed E-state index contributed by atoms with van der Waals surface area (Å²) in [6.45, 7) is 0. The molecule has 3 aromatic rings. The van der Waals surface area contributed by atoms with Gasteiger partial charge in [-0.1, -0.05) is 47.5 Å². The zero-order chi connectivity index (χ0) is 21.4. The third kappa shape index (κ3) is 3.60. The molecule has 1 heterocycles. The molecule has 0 aliphatic carbocycles. The lowest BCUT2D eigenvalue weighted by atomic mass is 9.77. The first-order valence-electron chi connectivity index (χ1n) is 9.06. The van der Waals surface area contributed by atoms with E-state index in [1.54, 1.807) is 54.5 Å². The molecule has 0 radical (unpaired) electrons. The number of methoxy groups -OCH3 is 1. The first kappa shape index (κ1) is 20.2. The molecule has 0 unspecified atom stereocenters. The Morgan fingerprint density at radius 1 is 0.933 bits per heavy atom. The molecule has 1 aliphatic heterocycles. The van der Waals surface area contributed by atoms with Crippen LogP contribution in [0.5, 0.6) is 5.75 Å². The predicted octanol–water partition coefficient (Wildman–Crippen LogP) is 5.78. The van der Waals surface area contributed by atoms with Crippen molar-refractivity contribution in [1.29, 1.82) is 0 Å². The molecule has 3 aromatic carbocycles. The summed E-state index contributed by atoms with van der Waals surface area (Å²) in [6, 6.07) is 18.1. The summed E-state index contributed by atoms with van der Waals surface area (Å²) in [5.41, 5.74) is 2.17. The highest BCUT2D eigenvalue weighted by Gasteiger charge is 2.49. The van der Waals surface area contributed by atoms with Crippen LogP contribution in [0.25, 0.3) is 0 Å². The normalized spacial score (nSPS) is 18.1. The fourth-order valence-electron chi connectivity index (χ4n) is 3.73. The summed E-state index contributed by atoms with van der Waals surface area (Å²) >= 11 is 12.3. The van der Waals surface area contributed by atoms with Crippen molar-refractivity contribution in [2.45, 2.75) is 12.0 Å². The Labute approximate surface area is 182 Å². The van der Waals surface area contributed by atoms with E-state index in [0.717, 1.165) is 11.1 Å². The molecule has 0 bridgehead atoms. The largest absolute Gasteiger partial charge is 0.497 e. The fraction of sp³-hybridized carbons (Fsp3) is 0.136. The maximum atomic E-state index is 13.2. The summed E-state index contributed by atoms with van der Waals surface area (Å²) in [6.07, 6.45) is 0. The molecular formula is C22H16Cl2N2O4. The van der Waals surface area contributed by atoms with Crippen LogP contribution in [0.3, 0.4) is 0 Å². The molecule has 6 nitrogen and oxygen atoms in total. The fourth-order valence-corrected chi connectivity index (χ4v) is 4.24. The van der Waals surface area contributed by atoms with E-state index in [4.69, 9.17) is 27.9 Å². The minimum Gasteiger partial charge on any atom is -0.497 e. The molecule has 1 saturated heterocycles. The third-order valence-electron chi connectivity index (χ3n) is 5.14. The number of nitro groups is 1. The number of non-ortho nitro benzene ring substituents is 1. The van der Waals surface area contributed by atoms with Crippen molar-refractivity contribution in [2.75, 3.05) is 12.0 Å². The highest BCUT2D eigenvalue weighted by Crippen LogP contribution is 2.50. The molecular weight excluding hydrogens is 427 g/mol. The number of carbonyl (C=O) groups excluding carboxylic acids is 1. The number of amides is 1. The van der Waals surface area contributed by atoms with Crippen LogP contribution in [0.1, 0.15) is 23.1 Å². The van der Waals surface area contributed by atoms with Gasteiger partial charge in [-0.05, 0) is 41.5 Å². The Kier molecular flexibility index (Phi) is 5.37. The molecule has 1 fully saturated rings. The molecule has 0 aromatic heterocycles. The quantitative estimate of drug-likeness (QED) is 0.285. The number of nitro benzene ring substituents is 1. The lowest BCUT2D eigenvalue weighted by molar-refractivity contribution is -0.384. The third-order valence-corrected chi connectivity index (χ3v) is 5.58. The second-order valence-corrected chi connectivity index (χ2v) is 7.75. The lowest BCUT2D eigenvalue weighted by Gasteiger charge is -2.47. The number of anilines is 1. The Balaban J connectivity index is 1.77. The van der Waals surface area contributed by atoms with Crippen molar-refractivity contribution in [2.24, 2.45) is 0 Å². The first-order valence-corrected chi connectivity index (χ1v) is 9.82. The Morgan fingerprint density at radius 3 is 2.03 bits per heavy atom. The van der Waals surface area contributed by atoms with Gasteiger partial charge in [-0.15, -0.1) is 0 Å². The van der Waals surface area contributed by atoms with Gasteiger partial charge >= 0.3 is 0 Å². The van der Waals surface area contributed by atoms with Crippen molar-refractivity contribution >= 4 is 40.5 Å². The zero-order valence-corrected chi connectivity index (χ0v) is 17.3. The van der Waals surface area contributed by atoms with Gasteiger partial charge in [-0.2, -0.15) is 0 Å². The van der Waals surface area contributed by atoms with E-state index in [1.807, 2.05) is 12.1 Å². The van der Waals surface area contributed by atoms with Crippen LogP contribution in [-0.2, 0) is 4.79 Å². The zero-order valence-electron chi connectivity index (χ0n) is 15.8. The van der Waals surface area contributed by atoms with Crippen LogP contribution >= 0.6 is 23.2 Å². The van der Waals surface area contributed by atoms with Gasteiger partial charge in [0.05, 0.1) is 24.0 Å². The minimum atomic E-state index is -0.453. The van der Waals surface area contributed by atoms with Gasteiger partial charge in [0.25, 0.3) is 5.69 Å². The standard InChI is InChI=1S/C22H16Cl2N2O4/c1-30-19-8-4-13(5-9-19)20-21(14-2-6-17(7-3-14)26(28)29)25(22(20)27)18-11-15(23)10-16(24)12-18/h2-12,20-21H,1H3/t20-,21-/m1/s1. The smallest absolute Gasteiger partial charge is 0.269 e. The van der Waals surface area contributed by atoms with E-state index < -0.39 is 10.8 Å². The maximum absolute atomic E-state index is 13.2. The van der Waals surface area contributed by atoms with E-state index in [-0.39, 0.29) is 17.6 Å². The molecule has 152 valence electrons. The monoisotopic (exact) mass is 442 g/mol. The van der Waals surface area contributed by atoms with Crippen molar-refractivity contribution < 1.29 is 14.5 Å². The summed E-state index contributed by atoms with van der Waals surface area (Å²) in [7, 11) is 1.58. The van der Waals surface area contributed by atoms with Gasteiger partial charge < -0.3 is 9.64 Å². The Bertz CT molecular complexity index is 1100. The van der Waals surface area contributed by atoms with Crippen molar-refractivity contribution in [3.8, 4) is 5.75 Å². The molecule has 0 spiro atoms. The van der Waals surface area contributed by atoms with Gasteiger partial charge in [-0.25, -0.2) is 0 Å². The number of β-lactam (4-membered cyclic amide) rings is 1. The van der Waals surface area contributed by atoms with E-state index >= 15 is 0 Å². The van der Waals surface area contributed by atoms with Crippen LogP contribution in [0, 0.1) is 10.1 Å². The van der Waals surface area contributed by atoms with E-state index in [1.165, 1.54) is 12.1 Å². The Morgan fingerprint density at radius 2 is 1.50 bits per heavy atom. The molecule has 8 heteroatoms. The van der Waals surface area contributed by atoms with E-state index in [0.29, 0.717) is 21.5 Å². The highest BCUT2D eigenvalue weighted by atomic mass is 35.5. The Hall–Kier alpha value is -3.09. The highest BCUT2D eigenvalue weighted by molar-refractivity contribution is 6.35. The van der Waals surface area contributed by atoms with Crippen molar-refractivity contribution in [1.82, 2.24) is 0 Å². The number of ether oxygens (including phenoxy) is 1. The van der Waals surface area contributed by atoms with Crippen LogP contribution < -0.4 is 9.64 Å². The average molecular weight is 443 g/mol. The molecule has 30 heavy (non-hydrogen) atoms. The number of benzene rings is 3. The summed E-state index contributed by atoms with van der Waals surface area (Å²) < 4.78 is 5.20. The number of carbonyl (C=O) groups is 1. The van der Waals surface area contributed by atoms with E-state index in [2.05, 4.69) is 0 Å². The number of nitrogens with zero attached hydrogens (tertiary/aromatic N) is 2. The number of hydrogen-bond donors (Lipinski definition) is 0. The molecule has 4 rings (SSSR count). The van der Waals surface area contributed by atoms with Crippen LogP contribution in [0.4, 0.5) is 11.4 Å². The summed E-state index contributed by atoms with van der Waals surface area (Å²) in [5, 5.41) is 11.9. The van der Waals surface area contributed by atoms with Gasteiger partial charge in [0.2, 0.25) is 5.91 Å². The topological polar surface area (TPSA) is 72.7 Å². The molecule has 2 atom stereocenters. The van der Waals surface area contributed by atoms with Gasteiger partial charge in [-0.3, -0.25) is 14.9 Å².